The van der Waals surface area contributed by atoms with Gasteiger partial charge in [0.25, 0.3) is 10.0 Å². The number of amides is 2. The maximum absolute atomic E-state index is 12.6. The minimum absolute atomic E-state index is 0.107. The molecule has 0 saturated carbocycles. The lowest BCUT2D eigenvalue weighted by Gasteiger charge is -2.11. The Bertz CT molecular complexity index is 1100. The van der Waals surface area contributed by atoms with E-state index in [-0.39, 0.29) is 4.90 Å². The first kappa shape index (κ1) is 21.1. The van der Waals surface area contributed by atoms with E-state index in [1.165, 1.54) is 12.1 Å². The van der Waals surface area contributed by atoms with Crippen molar-refractivity contribution in [2.45, 2.75) is 18.4 Å². The highest BCUT2D eigenvalue weighted by atomic mass is 127. The summed E-state index contributed by atoms with van der Waals surface area (Å²) in [5.74, 6) is 0. The minimum Gasteiger partial charge on any atom is -0.334 e. The first-order chi connectivity index (χ1) is 13.8. The molecule has 0 unspecified atom stereocenters. The molecule has 1 aromatic heterocycles. The number of benzene rings is 2. The number of nitrogens with zero attached hydrogens (tertiary/aromatic N) is 1. The molecule has 0 fully saturated rings. The molecule has 150 valence electrons. The van der Waals surface area contributed by atoms with Crippen LogP contribution in [0.15, 0.2) is 71.9 Å². The van der Waals surface area contributed by atoms with Crippen LogP contribution in [-0.2, 0) is 16.6 Å². The Balaban J connectivity index is 1.62. The lowest BCUT2D eigenvalue weighted by molar-refractivity contribution is 0.251. The zero-order chi connectivity index (χ0) is 20.9. The van der Waals surface area contributed by atoms with Gasteiger partial charge in [0.2, 0.25) is 0 Å². The Kier molecular flexibility index (Phi) is 6.70. The standard InChI is InChI=1S/C20H19IN4O3S/c1-14-4-9-19(18(21)11-14)25-29(27,28)17-7-5-16(6-8-17)24-20(26)23-13-15-3-2-10-22-12-15/h2-12,25H,13H2,1H3,(H2,23,24,26). The van der Waals surface area contributed by atoms with Crippen molar-refractivity contribution in [1.29, 1.82) is 0 Å². The number of halogens is 1. The Morgan fingerprint density at radius 2 is 1.86 bits per heavy atom. The second kappa shape index (κ2) is 9.23. The lowest BCUT2D eigenvalue weighted by atomic mass is 10.2. The van der Waals surface area contributed by atoms with Crippen molar-refractivity contribution >= 4 is 50.0 Å². The van der Waals surface area contributed by atoms with Crippen molar-refractivity contribution in [2.75, 3.05) is 10.0 Å². The van der Waals surface area contributed by atoms with Gasteiger partial charge in [0.1, 0.15) is 0 Å². The van der Waals surface area contributed by atoms with E-state index in [0.29, 0.717) is 17.9 Å². The van der Waals surface area contributed by atoms with Crippen LogP contribution in [-0.4, -0.2) is 19.4 Å². The van der Waals surface area contributed by atoms with Gasteiger partial charge in [-0.15, -0.1) is 0 Å². The molecule has 0 aliphatic carbocycles. The third kappa shape index (κ3) is 5.91. The minimum atomic E-state index is -3.73. The summed E-state index contributed by atoms with van der Waals surface area (Å²) in [6, 6.07) is 14.7. The molecule has 3 N–H and O–H groups in total. The molecular weight excluding hydrogens is 503 g/mol. The van der Waals surface area contributed by atoms with Crippen LogP contribution in [0.4, 0.5) is 16.2 Å². The van der Waals surface area contributed by atoms with Crippen molar-refractivity contribution in [3.63, 3.8) is 0 Å². The number of carbonyl (C=O) groups is 1. The van der Waals surface area contributed by atoms with Crippen LogP contribution in [0.2, 0.25) is 0 Å². The van der Waals surface area contributed by atoms with E-state index in [0.717, 1.165) is 14.7 Å². The van der Waals surface area contributed by atoms with Crippen LogP contribution in [0, 0.1) is 10.5 Å². The van der Waals surface area contributed by atoms with Gasteiger partial charge in [0, 0.05) is 28.2 Å². The number of hydrogen-bond donors (Lipinski definition) is 3. The maximum atomic E-state index is 12.6. The largest absolute Gasteiger partial charge is 0.334 e. The molecule has 0 saturated heterocycles. The number of rotatable bonds is 6. The second-order valence-corrected chi connectivity index (χ2v) is 9.13. The normalized spacial score (nSPS) is 11.0. The average molecular weight is 522 g/mol. The summed E-state index contributed by atoms with van der Waals surface area (Å²) in [6.07, 6.45) is 3.33. The van der Waals surface area contributed by atoms with Crippen LogP contribution in [0.1, 0.15) is 11.1 Å². The third-order valence-corrected chi connectivity index (χ3v) is 6.24. The van der Waals surface area contributed by atoms with Gasteiger partial charge >= 0.3 is 6.03 Å². The molecule has 9 heteroatoms. The molecule has 0 aliphatic rings. The van der Waals surface area contributed by atoms with Crippen LogP contribution in [0.25, 0.3) is 0 Å². The zero-order valence-electron chi connectivity index (χ0n) is 15.5. The van der Waals surface area contributed by atoms with Gasteiger partial charge in [0.05, 0.1) is 10.6 Å². The van der Waals surface area contributed by atoms with Gasteiger partial charge < -0.3 is 10.6 Å². The smallest absolute Gasteiger partial charge is 0.319 e. The highest BCUT2D eigenvalue weighted by molar-refractivity contribution is 14.1. The molecule has 2 amide bonds. The maximum Gasteiger partial charge on any atom is 0.319 e. The van der Waals surface area contributed by atoms with Crippen LogP contribution >= 0.6 is 22.6 Å². The van der Waals surface area contributed by atoms with E-state index in [2.05, 4.69) is 42.9 Å². The highest BCUT2D eigenvalue weighted by Crippen LogP contribution is 2.23. The first-order valence-electron chi connectivity index (χ1n) is 8.66. The summed E-state index contributed by atoms with van der Waals surface area (Å²) >= 11 is 2.09. The summed E-state index contributed by atoms with van der Waals surface area (Å²) in [7, 11) is -3.73. The van der Waals surface area contributed by atoms with Gasteiger partial charge in [-0.1, -0.05) is 12.1 Å². The van der Waals surface area contributed by atoms with E-state index in [1.54, 1.807) is 36.7 Å². The number of pyridine rings is 1. The van der Waals surface area contributed by atoms with Crippen LogP contribution < -0.4 is 15.4 Å². The molecular formula is C20H19IN4O3S. The highest BCUT2D eigenvalue weighted by Gasteiger charge is 2.16. The Morgan fingerprint density at radius 1 is 1.10 bits per heavy atom. The number of anilines is 2. The van der Waals surface area contributed by atoms with Gasteiger partial charge in [-0.3, -0.25) is 9.71 Å². The summed E-state index contributed by atoms with van der Waals surface area (Å²) in [6.45, 7) is 2.28. The van der Waals surface area contributed by atoms with E-state index in [9.17, 15) is 13.2 Å². The van der Waals surface area contributed by atoms with Crippen molar-refractivity contribution in [2.24, 2.45) is 0 Å². The SMILES string of the molecule is Cc1ccc(NS(=O)(=O)c2ccc(NC(=O)NCc3cccnc3)cc2)c(I)c1. The van der Waals surface area contributed by atoms with Crippen LogP contribution in [0.3, 0.4) is 0 Å². The fourth-order valence-electron chi connectivity index (χ4n) is 2.48. The number of sulfonamides is 1. The van der Waals surface area contributed by atoms with Gasteiger partial charge in [-0.25, -0.2) is 13.2 Å². The topological polar surface area (TPSA) is 100 Å². The number of carbonyl (C=O) groups excluding carboxylic acids is 1. The molecule has 29 heavy (non-hydrogen) atoms. The fourth-order valence-corrected chi connectivity index (χ4v) is 4.55. The Morgan fingerprint density at radius 3 is 2.52 bits per heavy atom. The van der Waals surface area contributed by atoms with E-state index in [1.807, 2.05) is 25.1 Å². The molecule has 0 aliphatic heterocycles. The number of aryl methyl sites for hydroxylation is 1. The fraction of sp³-hybridized carbons (Fsp3) is 0.100. The summed E-state index contributed by atoms with van der Waals surface area (Å²) in [5.41, 5.74) is 2.93. The molecule has 0 bridgehead atoms. The molecule has 7 nitrogen and oxygen atoms in total. The third-order valence-electron chi connectivity index (χ3n) is 3.97. The molecule has 3 aromatic rings. The van der Waals surface area contributed by atoms with Crippen molar-refractivity contribution in [3.05, 3.63) is 81.7 Å². The quantitative estimate of drug-likeness (QED) is 0.425. The van der Waals surface area contributed by atoms with Gasteiger partial charge in [0.15, 0.2) is 0 Å². The van der Waals surface area contributed by atoms with E-state index < -0.39 is 16.1 Å². The second-order valence-electron chi connectivity index (χ2n) is 6.28. The van der Waals surface area contributed by atoms with Gasteiger partial charge in [-0.05, 0) is 83.1 Å². The van der Waals surface area contributed by atoms with E-state index in [4.69, 9.17) is 0 Å². The number of hydrogen-bond acceptors (Lipinski definition) is 4. The molecule has 0 atom stereocenters. The van der Waals surface area contributed by atoms with Crippen molar-refractivity contribution in [1.82, 2.24) is 10.3 Å². The Hall–Kier alpha value is -2.66. The predicted octanol–water partition coefficient (Wildman–Crippen LogP) is 4.12. The van der Waals surface area contributed by atoms with Crippen molar-refractivity contribution < 1.29 is 13.2 Å². The van der Waals surface area contributed by atoms with Crippen LogP contribution in [0.5, 0.6) is 0 Å². The molecule has 3 rings (SSSR count). The average Bonchev–Trinajstić information content (AvgIpc) is 2.70. The lowest BCUT2D eigenvalue weighted by Crippen LogP contribution is -2.28. The molecule has 1 heterocycles. The van der Waals surface area contributed by atoms with Crippen molar-refractivity contribution in [3.8, 4) is 0 Å². The van der Waals surface area contributed by atoms with Gasteiger partial charge in [-0.2, -0.15) is 0 Å². The monoisotopic (exact) mass is 522 g/mol. The molecule has 0 radical (unpaired) electrons. The summed E-state index contributed by atoms with van der Waals surface area (Å²) in [4.78, 5) is 16.1. The molecule has 2 aromatic carbocycles. The summed E-state index contributed by atoms with van der Waals surface area (Å²) < 4.78 is 28.6. The van der Waals surface area contributed by atoms with E-state index >= 15 is 0 Å². The number of aromatic nitrogens is 1. The molecule has 0 spiro atoms. The number of urea groups is 1. The summed E-state index contributed by atoms with van der Waals surface area (Å²) in [5, 5.41) is 5.38. The number of nitrogens with one attached hydrogen (secondary N) is 3. The zero-order valence-corrected chi connectivity index (χ0v) is 18.5. The first-order valence-corrected chi connectivity index (χ1v) is 11.2. The predicted molar refractivity (Wildman–Crippen MR) is 121 cm³/mol. The Labute approximate surface area is 183 Å².